The average molecular weight is 347 g/mol. The van der Waals surface area contributed by atoms with Gasteiger partial charge >= 0.3 is 0 Å². The van der Waals surface area contributed by atoms with Crippen LogP contribution in [0.1, 0.15) is 12.8 Å². The fraction of sp³-hybridized carbons (Fsp3) is 0.538. The normalized spacial score (nSPS) is 19.8. The maximum atomic E-state index is 12.0. The summed E-state index contributed by atoms with van der Waals surface area (Å²) in [7, 11) is -3.23. The molecule has 0 aliphatic carbocycles. The van der Waals surface area contributed by atoms with Gasteiger partial charge in [0.1, 0.15) is 0 Å². The molecule has 1 atom stereocenters. The lowest BCUT2D eigenvalue weighted by Crippen LogP contribution is -2.49. The van der Waals surface area contributed by atoms with Crippen LogP contribution in [0, 0.1) is 0 Å². The third kappa shape index (κ3) is 5.53. The fourth-order valence-electron chi connectivity index (χ4n) is 2.47. The molecule has 2 N–H and O–H groups in total. The molecule has 1 amide bonds. The lowest BCUT2D eigenvalue weighted by molar-refractivity contribution is -0.117. The van der Waals surface area contributed by atoms with Crippen LogP contribution < -0.4 is 10.0 Å². The first-order valence-corrected chi connectivity index (χ1v) is 9.20. The number of hydrogen-bond donors (Lipinski definition) is 2. The molecule has 1 aromatic rings. The van der Waals surface area contributed by atoms with E-state index in [0.29, 0.717) is 12.2 Å². The highest BCUT2D eigenvalue weighted by Gasteiger charge is 2.23. The fourth-order valence-corrected chi connectivity index (χ4v) is 3.43. The zero-order valence-electron chi connectivity index (χ0n) is 12.3. The lowest BCUT2D eigenvalue weighted by atomic mass is 10.1. The number of carbonyl (C=O) groups is 1. The van der Waals surface area contributed by atoms with E-state index < -0.39 is 10.0 Å². The molecule has 1 fully saturated rings. The molecule has 7 nitrogen and oxygen atoms in total. The Kier molecular flexibility index (Phi) is 5.74. The molecule has 0 bridgehead atoms. The predicted octanol–water partition coefficient (Wildman–Crippen LogP) is 0.687. The van der Waals surface area contributed by atoms with Gasteiger partial charge < -0.3 is 5.32 Å². The number of sulfonamides is 1. The van der Waals surface area contributed by atoms with Crippen LogP contribution in [-0.4, -0.2) is 56.1 Å². The van der Waals surface area contributed by atoms with Crippen molar-refractivity contribution in [2.45, 2.75) is 18.9 Å². The Bertz CT molecular complexity index is 638. The molecule has 0 saturated carbocycles. The van der Waals surface area contributed by atoms with Crippen LogP contribution in [0.4, 0.5) is 5.69 Å². The Morgan fingerprint density at radius 1 is 1.55 bits per heavy atom. The summed E-state index contributed by atoms with van der Waals surface area (Å²) in [5.41, 5.74) is 0.469. The summed E-state index contributed by atoms with van der Waals surface area (Å²) in [6.07, 6.45) is 4.31. The van der Waals surface area contributed by atoms with Crippen LogP contribution in [0.25, 0.3) is 0 Å². The summed E-state index contributed by atoms with van der Waals surface area (Å²) in [6, 6.07) is 3.21. The van der Waals surface area contributed by atoms with E-state index in [1.54, 1.807) is 18.3 Å². The molecule has 2 rings (SSSR count). The molecule has 0 aromatic carbocycles. The number of likely N-dealkylation sites (tertiary alicyclic amines) is 1. The molecule has 1 unspecified atom stereocenters. The van der Waals surface area contributed by atoms with Crippen molar-refractivity contribution in [2.75, 3.05) is 31.2 Å². The van der Waals surface area contributed by atoms with E-state index in [-0.39, 0.29) is 23.6 Å². The van der Waals surface area contributed by atoms with Crippen molar-refractivity contribution in [1.82, 2.24) is 14.6 Å². The van der Waals surface area contributed by atoms with Gasteiger partial charge in [-0.2, -0.15) is 0 Å². The quantitative estimate of drug-likeness (QED) is 0.765. The summed E-state index contributed by atoms with van der Waals surface area (Å²) in [4.78, 5) is 17.9. The molecular formula is C13H19ClN4O3S. The number of rotatable bonds is 5. The Morgan fingerprint density at radius 2 is 2.32 bits per heavy atom. The maximum Gasteiger partial charge on any atom is 0.238 e. The SMILES string of the molecule is CS(=O)(=O)NC1CCCN(CC(=O)Nc2cccnc2Cl)C1. The number of halogens is 1. The number of piperidine rings is 1. The first-order chi connectivity index (χ1) is 10.3. The smallest absolute Gasteiger partial charge is 0.238 e. The number of amides is 1. The third-order valence-corrected chi connectivity index (χ3v) is 4.35. The highest BCUT2D eigenvalue weighted by Crippen LogP contribution is 2.17. The Hall–Kier alpha value is -1.22. The van der Waals surface area contributed by atoms with Crippen molar-refractivity contribution in [1.29, 1.82) is 0 Å². The summed E-state index contributed by atoms with van der Waals surface area (Å²) < 4.78 is 25.1. The van der Waals surface area contributed by atoms with Crippen LogP contribution >= 0.6 is 11.6 Å². The van der Waals surface area contributed by atoms with E-state index >= 15 is 0 Å². The number of nitrogens with one attached hydrogen (secondary N) is 2. The Labute approximate surface area is 135 Å². The molecule has 1 aliphatic heterocycles. The van der Waals surface area contributed by atoms with Crippen molar-refractivity contribution in [2.24, 2.45) is 0 Å². The van der Waals surface area contributed by atoms with Gasteiger partial charge in [0.2, 0.25) is 15.9 Å². The summed E-state index contributed by atoms with van der Waals surface area (Å²) >= 11 is 5.89. The molecule has 1 aliphatic rings. The minimum Gasteiger partial charge on any atom is -0.322 e. The molecule has 9 heteroatoms. The van der Waals surface area contributed by atoms with Crippen LogP contribution in [0.15, 0.2) is 18.3 Å². The van der Waals surface area contributed by atoms with E-state index in [0.717, 1.165) is 25.6 Å². The monoisotopic (exact) mass is 346 g/mol. The minimum atomic E-state index is -3.23. The zero-order valence-corrected chi connectivity index (χ0v) is 13.8. The van der Waals surface area contributed by atoms with E-state index in [2.05, 4.69) is 15.0 Å². The van der Waals surface area contributed by atoms with Gasteiger partial charge in [0, 0.05) is 18.8 Å². The zero-order chi connectivity index (χ0) is 16.2. The van der Waals surface area contributed by atoms with E-state index in [4.69, 9.17) is 11.6 Å². The summed E-state index contributed by atoms with van der Waals surface area (Å²) in [6.45, 7) is 1.46. The second-order valence-corrected chi connectivity index (χ2v) is 7.49. The molecule has 0 spiro atoms. The first-order valence-electron chi connectivity index (χ1n) is 6.93. The molecular weight excluding hydrogens is 328 g/mol. The van der Waals surface area contributed by atoms with Gasteiger partial charge in [-0.3, -0.25) is 9.69 Å². The highest BCUT2D eigenvalue weighted by molar-refractivity contribution is 7.88. The predicted molar refractivity (Wildman–Crippen MR) is 85.3 cm³/mol. The summed E-state index contributed by atoms with van der Waals surface area (Å²) in [5.74, 6) is -0.199. The number of aromatic nitrogens is 1. The van der Waals surface area contributed by atoms with Crippen molar-refractivity contribution >= 4 is 33.2 Å². The topological polar surface area (TPSA) is 91.4 Å². The van der Waals surface area contributed by atoms with Crippen molar-refractivity contribution in [3.05, 3.63) is 23.5 Å². The van der Waals surface area contributed by atoms with Gasteiger partial charge in [-0.25, -0.2) is 18.1 Å². The number of pyridine rings is 1. The van der Waals surface area contributed by atoms with Crippen LogP contribution in [0.3, 0.4) is 0 Å². The molecule has 1 saturated heterocycles. The van der Waals surface area contributed by atoms with Gasteiger partial charge in [-0.15, -0.1) is 0 Å². The standard InChI is InChI=1S/C13H19ClN4O3S/c1-22(20,21)17-10-4-3-7-18(8-10)9-12(19)16-11-5-2-6-15-13(11)14/h2,5-6,10,17H,3-4,7-9H2,1H3,(H,16,19). The average Bonchev–Trinajstić information content (AvgIpc) is 2.40. The number of carbonyl (C=O) groups excluding carboxylic acids is 1. The van der Waals surface area contributed by atoms with Gasteiger partial charge in [0.05, 0.1) is 18.5 Å². The van der Waals surface area contributed by atoms with Crippen molar-refractivity contribution in [3.63, 3.8) is 0 Å². The highest BCUT2D eigenvalue weighted by atomic mass is 35.5. The van der Waals surface area contributed by atoms with E-state index in [9.17, 15) is 13.2 Å². The number of hydrogen-bond acceptors (Lipinski definition) is 5. The van der Waals surface area contributed by atoms with Crippen molar-refractivity contribution < 1.29 is 13.2 Å². The maximum absolute atomic E-state index is 12.0. The van der Waals surface area contributed by atoms with Gasteiger partial charge in [0.25, 0.3) is 0 Å². The number of anilines is 1. The Morgan fingerprint density at radius 3 is 3.00 bits per heavy atom. The van der Waals surface area contributed by atoms with E-state index in [1.807, 2.05) is 4.90 Å². The second-order valence-electron chi connectivity index (χ2n) is 5.35. The van der Waals surface area contributed by atoms with E-state index in [1.165, 1.54) is 0 Å². The lowest BCUT2D eigenvalue weighted by Gasteiger charge is -2.32. The minimum absolute atomic E-state index is 0.154. The first kappa shape index (κ1) is 17.1. The van der Waals surface area contributed by atoms with Crippen molar-refractivity contribution in [3.8, 4) is 0 Å². The summed E-state index contributed by atoms with van der Waals surface area (Å²) in [5, 5.41) is 2.95. The molecule has 22 heavy (non-hydrogen) atoms. The van der Waals surface area contributed by atoms with Gasteiger partial charge in [-0.1, -0.05) is 11.6 Å². The number of nitrogens with zero attached hydrogens (tertiary/aromatic N) is 2. The molecule has 122 valence electrons. The molecule has 1 aromatic heterocycles. The van der Waals surface area contributed by atoms with Crippen LogP contribution in [-0.2, 0) is 14.8 Å². The molecule has 2 heterocycles. The van der Waals surface area contributed by atoms with Gasteiger partial charge in [-0.05, 0) is 31.5 Å². The van der Waals surface area contributed by atoms with Gasteiger partial charge in [0.15, 0.2) is 5.15 Å². The third-order valence-electron chi connectivity index (χ3n) is 3.29. The largest absolute Gasteiger partial charge is 0.322 e. The molecule has 0 radical (unpaired) electrons. The Balaban J connectivity index is 1.87. The second kappa shape index (κ2) is 7.36. The van der Waals surface area contributed by atoms with Crippen LogP contribution in [0.2, 0.25) is 5.15 Å². The van der Waals surface area contributed by atoms with Crippen LogP contribution in [0.5, 0.6) is 0 Å².